The number of amides is 1. The average molecular weight is 374 g/mol. The SMILES string of the molecule is CC(C)(C)OC(N)=O.COc1ccc(-c2ccc(CCN)cc2)cc1OC. The van der Waals surface area contributed by atoms with Gasteiger partial charge in [0.05, 0.1) is 14.2 Å². The second-order valence-corrected chi connectivity index (χ2v) is 6.84. The van der Waals surface area contributed by atoms with Crippen LogP contribution in [-0.4, -0.2) is 32.5 Å². The molecule has 2 aromatic rings. The van der Waals surface area contributed by atoms with Gasteiger partial charge in [-0.2, -0.15) is 0 Å². The van der Waals surface area contributed by atoms with Gasteiger partial charge in [-0.1, -0.05) is 30.3 Å². The summed E-state index contributed by atoms with van der Waals surface area (Å²) in [6, 6.07) is 14.4. The van der Waals surface area contributed by atoms with Gasteiger partial charge in [0.15, 0.2) is 11.5 Å². The van der Waals surface area contributed by atoms with Gasteiger partial charge >= 0.3 is 6.09 Å². The van der Waals surface area contributed by atoms with Gasteiger partial charge in [-0.05, 0) is 62.6 Å². The Bertz CT molecular complexity index is 722. The molecule has 0 fully saturated rings. The number of methoxy groups -OCH3 is 2. The van der Waals surface area contributed by atoms with Gasteiger partial charge in [-0.15, -0.1) is 0 Å². The van der Waals surface area contributed by atoms with Crippen molar-refractivity contribution in [2.45, 2.75) is 32.8 Å². The largest absolute Gasteiger partial charge is 0.493 e. The molecule has 4 N–H and O–H groups in total. The maximum atomic E-state index is 10.0. The Morgan fingerprint density at radius 1 is 0.926 bits per heavy atom. The topological polar surface area (TPSA) is 96.8 Å². The van der Waals surface area contributed by atoms with Crippen molar-refractivity contribution in [2.75, 3.05) is 20.8 Å². The Hall–Kier alpha value is -2.73. The summed E-state index contributed by atoms with van der Waals surface area (Å²) in [5.74, 6) is 1.48. The van der Waals surface area contributed by atoms with Crippen molar-refractivity contribution in [3.63, 3.8) is 0 Å². The van der Waals surface area contributed by atoms with Gasteiger partial charge in [-0.25, -0.2) is 4.79 Å². The lowest BCUT2D eigenvalue weighted by molar-refractivity contribution is 0.0600. The third-order valence-electron chi connectivity index (χ3n) is 3.51. The highest BCUT2D eigenvalue weighted by atomic mass is 16.6. The van der Waals surface area contributed by atoms with Gasteiger partial charge in [0, 0.05) is 0 Å². The molecule has 0 heterocycles. The number of hydrogen-bond acceptors (Lipinski definition) is 5. The lowest BCUT2D eigenvalue weighted by Gasteiger charge is -2.16. The smallest absolute Gasteiger partial charge is 0.405 e. The lowest BCUT2D eigenvalue weighted by atomic mass is 10.0. The van der Waals surface area contributed by atoms with E-state index in [9.17, 15) is 4.79 Å². The minimum Gasteiger partial charge on any atom is -0.493 e. The summed E-state index contributed by atoms with van der Waals surface area (Å²) in [4.78, 5) is 10.0. The number of rotatable bonds is 5. The minimum atomic E-state index is -0.725. The van der Waals surface area contributed by atoms with Crippen molar-refractivity contribution >= 4 is 6.09 Å². The molecular formula is C21H30N2O4. The second kappa shape index (κ2) is 10.4. The number of ether oxygens (including phenoxy) is 3. The van der Waals surface area contributed by atoms with E-state index in [1.54, 1.807) is 35.0 Å². The molecule has 0 aromatic heterocycles. The van der Waals surface area contributed by atoms with Crippen LogP contribution >= 0.6 is 0 Å². The number of primary amides is 1. The first-order chi connectivity index (χ1) is 12.7. The molecule has 0 spiro atoms. The summed E-state index contributed by atoms with van der Waals surface area (Å²) in [5.41, 5.74) is 13.3. The maximum absolute atomic E-state index is 10.0. The Balaban J connectivity index is 0.000000387. The van der Waals surface area contributed by atoms with Crippen molar-refractivity contribution in [3.05, 3.63) is 48.0 Å². The average Bonchev–Trinajstić information content (AvgIpc) is 2.60. The molecule has 0 unspecified atom stereocenters. The first-order valence-electron chi connectivity index (χ1n) is 8.70. The summed E-state index contributed by atoms with van der Waals surface area (Å²) in [5, 5.41) is 0. The molecule has 1 amide bonds. The lowest BCUT2D eigenvalue weighted by Crippen LogP contribution is -2.27. The zero-order valence-electron chi connectivity index (χ0n) is 16.7. The first kappa shape index (κ1) is 22.3. The molecule has 0 atom stereocenters. The Kier molecular flexibility index (Phi) is 8.62. The highest BCUT2D eigenvalue weighted by Gasteiger charge is 2.12. The normalized spacial score (nSPS) is 10.4. The predicted octanol–water partition coefficient (Wildman–Crippen LogP) is 3.75. The molecule has 148 valence electrons. The zero-order chi connectivity index (χ0) is 20.4. The van der Waals surface area contributed by atoms with Gasteiger partial charge in [0.1, 0.15) is 5.60 Å². The van der Waals surface area contributed by atoms with E-state index >= 15 is 0 Å². The molecule has 0 bridgehead atoms. The van der Waals surface area contributed by atoms with E-state index in [1.165, 1.54) is 5.56 Å². The van der Waals surface area contributed by atoms with E-state index in [0.29, 0.717) is 6.54 Å². The van der Waals surface area contributed by atoms with Crippen LogP contribution in [0.5, 0.6) is 11.5 Å². The van der Waals surface area contributed by atoms with E-state index in [1.807, 2.05) is 18.2 Å². The van der Waals surface area contributed by atoms with E-state index < -0.39 is 11.7 Å². The molecule has 2 rings (SSSR count). The van der Waals surface area contributed by atoms with Crippen molar-refractivity contribution < 1.29 is 19.0 Å². The maximum Gasteiger partial charge on any atom is 0.405 e. The molecular weight excluding hydrogens is 344 g/mol. The number of benzene rings is 2. The molecule has 0 aliphatic carbocycles. The summed E-state index contributed by atoms with van der Waals surface area (Å²) in [7, 11) is 3.28. The Morgan fingerprint density at radius 2 is 1.48 bits per heavy atom. The Morgan fingerprint density at radius 3 is 1.89 bits per heavy atom. The van der Waals surface area contributed by atoms with Gasteiger partial charge in [-0.3, -0.25) is 0 Å². The standard InChI is InChI=1S/C16H19NO2.C5H11NO2/c1-18-15-8-7-14(11-16(15)19-2)13-5-3-12(4-6-13)9-10-17;1-5(2,3)8-4(6)7/h3-8,11H,9-10,17H2,1-2H3;1-3H3,(H2,6,7). The van der Waals surface area contributed by atoms with Crippen LogP contribution in [0.3, 0.4) is 0 Å². The van der Waals surface area contributed by atoms with E-state index in [2.05, 4.69) is 29.0 Å². The van der Waals surface area contributed by atoms with Gasteiger partial charge in [0.25, 0.3) is 0 Å². The molecule has 6 nitrogen and oxygen atoms in total. The van der Waals surface area contributed by atoms with Crippen LogP contribution in [0.1, 0.15) is 26.3 Å². The van der Waals surface area contributed by atoms with Crippen LogP contribution in [0, 0.1) is 0 Å². The van der Waals surface area contributed by atoms with Crippen molar-refractivity contribution in [3.8, 4) is 22.6 Å². The molecule has 0 aliphatic rings. The highest BCUT2D eigenvalue weighted by molar-refractivity contribution is 5.67. The first-order valence-corrected chi connectivity index (χ1v) is 8.70. The fourth-order valence-electron chi connectivity index (χ4n) is 2.35. The minimum absolute atomic E-state index is 0.453. The van der Waals surface area contributed by atoms with Crippen molar-refractivity contribution in [1.82, 2.24) is 0 Å². The zero-order valence-corrected chi connectivity index (χ0v) is 16.7. The van der Waals surface area contributed by atoms with Crippen LogP contribution in [0.4, 0.5) is 4.79 Å². The number of carbonyl (C=O) groups excluding carboxylic acids is 1. The van der Waals surface area contributed by atoms with Crippen LogP contribution in [0.2, 0.25) is 0 Å². The van der Waals surface area contributed by atoms with Crippen LogP contribution in [0.15, 0.2) is 42.5 Å². The molecule has 0 aliphatic heterocycles. The molecule has 2 aromatic carbocycles. The predicted molar refractivity (Wildman–Crippen MR) is 108 cm³/mol. The number of nitrogens with two attached hydrogens (primary N) is 2. The fourth-order valence-corrected chi connectivity index (χ4v) is 2.35. The van der Waals surface area contributed by atoms with Gasteiger partial charge < -0.3 is 25.7 Å². The molecule has 0 saturated heterocycles. The Labute approximate surface area is 161 Å². The van der Waals surface area contributed by atoms with Crippen molar-refractivity contribution in [1.29, 1.82) is 0 Å². The fraction of sp³-hybridized carbons (Fsp3) is 0.381. The van der Waals surface area contributed by atoms with E-state index in [-0.39, 0.29) is 0 Å². The summed E-state index contributed by atoms with van der Waals surface area (Å²) in [6.07, 6.45) is 0.184. The van der Waals surface area contributed by atoms with Crippen LogP contribution < -0.4 is 20.9 Å². The van der Waals surface area contributed by atoms with Gasteiger partial charge in [0.2, 0.25) is 0 Å². The van der Waals surface area contributed by atoms with E-state index in [4.69, 9.17) is 20.9 Å². The molecule has 0 radical (unpaired) electrons. The summed E-state index contributed by atoms with van der Waals surface area (Å²) in [6.45, 7) is 5.96. The summed E-state index contributed by atoms with van der Waals surface area (Å²) < 4.78 is 15.1. The summed E-state index contributed by atoms with van der Waals surface area (Å²) >= 11 is 0. The number of carbonyl (C=O) groups is 1. The monoisotopic (exact) mass is 374 g/mol. The second-order valence-electron chi connectivity index (χ2n) is 6.84. The molecule has 6 heteroatoms. The number of hydrogen-bond donors (Lipinski definition) is 2. The molecule has 27 heavy (non-hydrogen) atoms. The van der Waals surface area contributed by atoms with Crippen LogP contribution in [0.25, 0.3) is 11.1 Å². The van der Waals surface area contributed by atoms with Crippen molar-refractivity contribution in [2.24, 2.45) is 11.5 Å². The van der Waals surface area contributed by atoms with E-state index in [0.717, 1.165) is 29.0 Å². The quantitative estimate of drug-likeness (QED) is 0.831. The molecule has 0 saturated carbocycles. The highest BCUT2D eigenvalue weighted by Crippen LogP contribution is 2.32. The third kappa shape index (κ3) is 8.00. The van der Waals surface area contributed by atoms with Crippen LogP contribution in [-0.2, 0) is 11.2 Å². The third-order valence-corrected chi connectivity index (χ3v) is 3.51.